The minimum atomic E-state index is -0.0851. The molecule has 4 nitrogen and oxygen atoms in total. The number of carbonyl (C=O) groups is 1. The van der Waals surface area contributed by atoms with Gasteiger partial charge in [-0.15, -0.1) is 0 Å². The first-order chi connectivity index (χ1) is 8.51. The van der Waals surface area contributed by atoms with E-state index in [-0.39, 0.29) is 18.7 Å². The fraction of sp³-hybridized carbons (Fsp3) is 0.429. The summed E-state index contributed by atoms with van der Waals surface area (Å²) >= 11 is 0. The van der Waals surface area contributed by atoms with Crippen LogP contribution in [0.15, 0.2) is 12.1 Å². The summed E-state index contributed by atoms with van der Waals surface area (Å²) in [7, 11) is 3.29. The second-order valence-corrected chi connectivity index (χ2v) is 4.22. The second kappa shape index (κ2) is 6.06. The number of ether oxygens (including phenoxy) is 1. The average Bonchev–Trinajstić information content (AvgIpc) is 2.37. The van der Waals surface area contributed by atoms with Crippen LogP contribution >= 0.6 is 0 Å². The molecule has 0 aliphatic carbocycles. The molecule has 0 atom stereocenters. The Labute approximate surface area is 108 Å². The van der Waals surface area contributed by atoms with Gasteiger partial charge in [-0.25, -0.2) is 0 Å². The van der Waals surface area contributed by atoms with Crippen molar-refractivity contribution in [3.05, 3.63) is 23.3 Å². The van der Waals surface area contributed by atoms with Crippen molar-refractivity contribution in [3.63, 3.8) is 0 Å². The number of nitrogens with zero attached hydrogens (tertiary/aromatic N) is 2. The number of methoxy groups -OCH3 is 1. The molecule has 0 heterocycles. The molecule has 0 saturated heterocycles. The highest BCUT2D eigenvalue weighted by Gasteiger charge is 2.16. The van der Waals surface area contributed by atoms with E-state index >= 15 is 0 Å². The number of benzene rings is 1. The molecular formula is C14H18N2O2. The Morgan fingerprint density at radius 1 is 1.39 bits per heavy atom. The summed E-state index contributed by atoms with van der Waals surface area (Å²) in [6.45, 7) is 3.99. The molecule has 1 aromatic rings. The molecule has 1 aromatic carbocycles. The predicted molar refractivity (Wildman–Crippen MR) is 70.7 cm³/mol. The van der Waals surface area contributed by atoms with Crippen molar-refractivity contribution >= 4 is 11.6 Å². The van der Waals surface area contributed by atoms with Crippen LogP contribution in [0.1, 0.15) is 24.0 Å². The first-order valence-corrected chi connectivity index (χ1v) is 5.80. The first-order valence-electron chi connectivity index (χ1n) is 5.80. The third-order valence-corrected chi connectivity index (χ3v) is 2.98. The van der Waals surface area contributed by atoms with Crippen molar-refractivity contribution in [1.29, 1.82) is 5.26 Å². The van der Waals surface area contributed by atoms with Gasteiger partial charge in [-0.3, -0.25) is 4.79 Å². The highest BCUT2D eigenvalue weighted by Crippen LogP contribution is 2.31. The van der Waals surface area contributed by atoms with Crippen molar-refractivity contribution in [3.8, 4) is 11.8 Å². The number of hydrogen-bond donors (Lipinski definition) is 0. The van der Waals surface area contributed by atoms with Crippen LogP contribution in [0.5, 0.6) is 5.75 Å². The number of hydrogen-bond acceptors (Lipinski definition) is 3. The Kier molecular flexibility index (Phi) is 4.73. The summed E-state index contributed by atoms with van der Waals surface area (Å²) in [5.74, 6) is 0.587. The average molecular weight is 246 g/mol. The Bertz CT molecular complexity index is 489. The van der Waals surface area contributed by atoms with Gasteiger partial charge in [0.15, 0.2) is 0 Å². The van der Waals surface area contributed by atoms with E-state index in [4.69, 9.17) is 10.00 Å². The molecule has 0 saturated carbocycles. The molecule has 1 amide bonds. The quantitative estimate of drug-likeness (QED) is 0.820. The van der Waals surface area contributed by atoms with Crippen LogP contribution in [-0.2, 0) is 4.79 Å². The summed E-state index contributed by atoms with van der Waals surface area (Å²) < 4.78 is 5.30. The molecule has 0 spiro atoms. The van der Waals surface area contributed by atoms with E-state index < -0.39 is 0 Å². The molecule has 0 aliphatic rings. The number of carbonyl (C=O) groups excluding carboxylic acids is 1. The predicted octanol–water partition coefficient (Wildman–Crippen LogP) is 2.58. The number of anilines is 1. The molecule has 0 radical (unpaired) electrons. The Morgan fingerprint density at radius 2 is 2.00 bits per heavy atom. The molecule has 0 N–H and O–H groups in total. The molecule has 96 valence electrons. The number of nitriles is 1. The SMILES string of the molecule is COc1cc(C)c(C)cc1N(C)C(=O)CCC#N. The van der Waals surface area contributed by atoms with Gasteiger partial charge >= 0.3 is 0 Å². The van der Waals surface area contributed by atoms with Crippen molar-refractivity contribution in [2.75, 3.05) is 19.1 Å². The minimum absolute atomic E-state index is 0.0851. The minimum Gasteiger partial charge on any atom is -0.495 e. The summed E-state index contributed by atoms with van der Waals surface area (Å²) in [6.07, 6.45) is 0.458. The molecule has 0 bridgehead atoms. The molecule has 0 aromatic heterocycles. The third kappa shape index (κ3) is 3.01. The molecule has 0 fully saturated rings. The van der Waals surface area contributed by atoms with Gasteiger partial charge in [-0.1, -0.05) is 0 Å². The lowest BCUT2D eigenvalue weighted by molar-refractivity contribution is -0.118. The topological polar surface area (TPSA) is 53.3 Å². The van der Waals surface area contributed by atoms with Crippen LogP contribution in [-0.4, -0.2) is 20.1 Å². The maximum Gasteiger partial charge on any atom is 0.227 e. The lowest BCUT2D eigenvalue weighted by atomic mass is 10.1. The van der Waals surface area contributed by atoms with Crippen LogP contribution in [0.4, 0.5) is 5.69 Å². The zero-order valence-corrected chi connectivity index (χ0v) is 11.3. The van der Waals surface area contributed by atoms with Gasteiger partial charge in [0, 0.05) is 19.9 Å². The largest absolute Gasteiger partial charge is 0.495 e. The maximum absolute atomic E-state index is 11.9. The van der Waals surface area contributed by atoms with Gasteiger partial charge in [0.05, 0.1) is 18.9 Å². The molecule has 1 rings (SSSR count). The van der Waals surface area contributed by atoms with Crippen molar-refractivity contribution < 1.29 is 9.53 Å². The lowest BCUT2D eigenvalue weighted by Gasteiger charge is -2.21. The van der Waals surface area contributed by atoms with Gasteiger partial charge in [-0.05, 0) is 37.1 Å². The summed E-state index contributed by atoms with van der Waals surface area (Å²) in [5, 5.41) is 8.50. The van der Waals surface area contributed by atoms with Crippen molar-refractivity contribution in [1.82, 2.24) is 0 Å². The van der Waals surface area contributed by atoms with Crippen LogP contribution in [0.25, 0.3) is 0 Å². The summed E-state index contributed by atoms with van der Waals surface area (Å²) in [4.78, 5) is 13.4. The van der Waals surface area contributed by atoms with Gasteiger partial charge < -0.3 is 9.64 Å². The van der Waals surface area contributed by atoms with E-state index in [1.165, 1.54) is 0 Å². The highest BCUT2D eigenvalue weighted by atomic mass is 16.5. The fourth-order valence-electron chi connectivity index (χ4n) is 1.66. The van der Waals surface area contributed by atoms with Gasteiger partial charge in [0.1, 0.15) is 5.75 Å². The van der Waals surface area contributed by atoms with E-state index in [2.05, 4.69) is 0 Å². The molecular weight excluding hydrogens is 228 g/mol. The Morgan fingerprint density at radius 3 is 2.56 bits per heavy atom. The van der Waals surface area contributed by atoms with Crippen LogP contribution in [0.2, 0.25) is 0 Å². The third-order valence-electron chi connectivity index (χ3n) is 2.98. The van der Waals surface area contributed by atoms with Crippen LogP contribution < -0.4 is 9.64 Å². The van der Waals surface area contributed by atoms with E-state index in [9.17, 15) is 4.79 Å². The van der Waals surface area contributed by atoms with E-state index in [0.29, 0.717) is 5.75 Å². The van der Waals surface area contributed by atoms with Crippen molar-refractivity contribution in [2.45, 2.75) is 26.7 Å². The number of rotatable bonds is 4. The Balaban J connectivity index is 3.05. The van der Waals surface area contributed by atoms with Crippen LogP contribution in [0.3, 0.4) is 0 Å². The highest BCUT2D eigenvalue weighted by molar-refractivity contribution is 5.94. The standard InChI is InChI=1S/C14H18N2O2/c1-10-8-12(13(18-4)9-11(10)2)16(3)14(17)6-5-7-15/h8-9H,5-6H2,1-4H3. The van der Waals surface area contributed by atoms with Gasteiger partial charge in [0.2, 0.25) is 5.91 Å². The molecule has 0 unspecified atom stereocenters. The Hall–Kier alpha value is -2.02. The summed E-state index contributed by atoms with van der Waals surface area (Å²) in [5.41, 5.74) is 2.96. The second-order valence-electron chi connectivity index (χ2n) is 4.22. The van der Waals surface area contributed by atoms with Crippen molar-refractivity contribution in [2.24, 2.45) is 0 Å². The fourth-order valence-corrected chi connectivity index (χ4v) is 1.66. The zero-order chi connectivity index (χ0) is 13.7. The molecule has 0 aliphatic heterocycles. The van der Waals surface area contributed by atoms with Crippen LogP contribution in [0, 0.1) is 25.2 Å². The summed E-state index contributed by atoms with van der Waals surface area (Å²) in [6, 6.07) is 5.82. The lowest BCUT2D eigenvalue weighted by Crippen LogP contribution is -2.26. The van der Waals surface area contributed by atoms with Gasteiger partial charge in [-0.2, -0.15) is 5.26 Å². The zero-order valence-electron chi connectivity index (χ0n) is 11.3. The molecule has 18 heavy (non-hydrogen) atoms. The number of aryl methyl sites for hydroxylation is 2. The van der Waals surface area contributed by atoms with E-state index in [0.717, 1.165) is 16.8 Å². The normalized spacial score (nSPS) is 9.72. The monoisotopic (exact) mass is 246 g/mol. The van der Waals surface area contributed by atoms with E-state index in [1.807, 2.05) is 32.0 Å². The molecule has 4 heteroatoms. The maximum atomic E-state index is 11.9. The number of amides is 1. The van der Waals surface area contributed by atoms with E-state index in [1.54, 1.807) is 19.1 Å². The van der Waals surface area contributed by atoms with Gasteiger partial charge in [0.25, 0.3) is 0 Å². The first kappa shape index (κ1) is 14.0. The smallest absolute Gasteiger partial charge is 0.227 e.